The SMILES string of the molecule is CCOC(=O)[C@@H]1CCCN(c2c(NCCc3ccc(S(N)(=O)=O)cc3)c(=O)c2=O)C1. The first-order chi connectivity index (χ1) is 14.2. The Morgan fingerprint density at radius 2 is 1.93 bits per heavy atom. The van der Waals surface area contributed by atoms with E-state index >= 15 is 0 Å². The number of nitrogens with one attached hydrogen (secondary N) is 1. The summed E-state index contributed by atoms with van der Waals surface area (Å²) >= 11 is 0. The molecule has 1 fully saturated rings. The number of esters is 1. The lowest BCUT2D eigenvalue weighted by molar-refractivity contribution is -0.148. The van der Waals surface area contributed by atoms with Gasteiger partial charge in [-0.3, -0.25) is 14.4 Å². The van der Waals surface area contributed by atoms with Crippen molar-refractivity contribution in [2.45, 2.75) is 31.1 Å². The molecule has 3 rings (SSSR count). The third-order valence-corrected chi connectivity index (χ3v) is 6.14. The predicted octanol–water partition coefficient (Wildman–Crippen LogP) is 0.364. The lowest BCUT2D eigenvalue weighted by Gasteiger charge is -2.34. The Labute approximate surface area is 174 Å². The average Bonchev–Trinajstić information content (AvgIpc) is 2.72. The van der Waals surface area contributed by atoms with Crippen LogP contribution in [0.1, 0.15) is 25.3 Å². The number of carbonyl (C=O) groups excluding carboxylic acids is 1. The number of hydrogen-bond donors (Lipinski definition) is 2. The zero-order chi connectivity index (χ0) is 21.9. The summed E-state index contributed by atoms with van der Waals surface area (Å²) in [6, 6.07) is 6.16. The number of rotatable bonds is 8. The Bertz CT molecular complexity index is 1090. The van der Waals surface area contributed by atoms with Crippen molar-refractivity contribution in [3.05, 3.63) is 50.3 Å². The molecule has 2 aromatic carbocycles. The van der Waals surface area contributed by atoms with Crippen molar-refractivity contribution in [1.29, 1.82) is 0 Å². The summed E-state index contributed by atoms with van der Waals surface area (Å²) in [6.45, 7) is 3.40. The first kappa shape index (κ1) is 22.0. The number of piperidine rings is 1. The molecule has 0 spiro atoms. The molecule has 0 saturated carbocycles. The van der Waals surface area contributed by atoms with Gasteiger partial charge in [-0.15, -0.1) is 0 Å². The average molecular weight is 436 g/mol. The molecule has 9 nitrogen and oxygen atoms in total. The van der Waals surface area contributed by atoms with Gasteiger partial charge < -0.3 is 15.0 Å². The van der Waals surface area contributed by atoms with Gasteiger partial charge in [0.25, 0.3) is 10.9 Å². The summed E-state index contributed by atoms with van der Waals surface area (Å²) in [4.78, 5) is 38.1. The number of nitrogens with two attached hydrogens (primary N) is 1. The van der Waals surface area contributed by atoms with Gasteiger partial charge in [-0.1, -0.05) is 12.1 Å². The molecule has 30 heavy (non-hydrogen) atoms. The van der Waals surface area contributed by atoms with Gasteiger partial charge in [-0.2, -0.15) is 0 Å². The minimum Gasteiger partial charge on any atom is -0.466 e. The number of ether oxygens (including phenoxy) is 1. The lowest BCUT2D eigenvalue weighted by atomic mass is 9.96. The van der Waals surface area contributed by atoms with Crippen molar-refractivity contribution in [2.75, 3.05) is 36.5 Å². The molecule has 0 radical (unpaired) electrons. The molecule has 0 aromatic heterocycles. The van der Waals surface area contributed by atoms with Gasteiger partial charge >= 0.3 is 5.97 Å². The molecular weight excluding hydrogens is 410 g/mol. The Morgan fingerprint density at radius 1 is 1.23 bits per heavy atom. The van der Waals surface area contributed by atoms with E-state index in [0.29, 0.717) is 44.8 Å². The summed E-state index contributed by atoms with van der Waals surface area (Å²) in [7, 11) is -3.74. The topological polar surface area (TPSA) is 136 Å². The van der Waals surface area contributed by atoms with Crippen LogP contribution in [0.25, 0.3) is 0 Å². The molecule has 1 atom stereocenters. The van der Waals surface area contributed by atoms with E-state index in [2.05, 4.69) is 5.32 Å². The van der Waals surface area contributed by atoms with Crippen molar-refractivity contribution >= 4 is 27.4 Å². The van der Waals surface area contributed by atoms with Crippen LogP contribution in [0.3, 0.4) is 0 Å². The third-order valence-electron chi connectivity index (χ3n) is 5.21. The van der Waals surface area contributed by atoms with Crippen LogP contribution < -0.4 is 26.2 Å². The van der Waals surface area contributed by atoms with Crippen molar-refractivity contribution in [2.24, 2.45) is 11.1 Å². The van der Waals surface area contributed by atoms with Crippen LogP contribution in [0.2, 0.25) is 0 Å². The van der Waals surface area contributed by atoms with E-state index in [9.17, 15) is 22.8 Å². The summed E-state index contributed by atoms with van der Waals surface area (Å²) in [6.07, 6.45) is 1.95. The highest BCUT2D eigenvalue weighted by Gasteiger charge is 2.32. The maximum atomic E-state index is 12.2. The maximum Gasteiger partial charge on any atom is 0.310 e. The molecule has 0 aliphatic carbocycles. The van der Waals surface area contributed by atoms with Crippen LogP contribution in [0.15, 0.2) is 38.8 Å². The predicted molar refractivity (Wildman–Crippen MR) is 113 cm³/mol. The minimum atomic E-state index is -3.74. The first-order valence-corrected chi connectivity index (χ1v) is 11.4. The first-order valence-electron chi connectivity index (χ1n) is 9.83. The number of sulfonamides is 1. The highest BCUT2D eigenvalue weighted by molar-refractivity contribution is 7.89. The van der Waals surface area contributed by atoms with Crippen LogP contribution in [-0.4, -0.2) is 40.6 Å². The molecule has 0 bridgehead atoms. The molecule has 1 saturated heterocycles. The van der Waals surface area contributed by atoms with E-state index in [1.807, 2.05) is 0 Å². The van der Waals surface area contributed by atoms with Crippen molar-refractivity contribution in [1.82, 2.24) is 0 Å². The van der Waals surface area contributed by atoms with Gasteiger partial charge in [0, 0.05) is 19.6 Å². The van der Waals surface area contributed by atoms with Gasteiger partial charge in [0.2, 0.25) is 10.0 Å². The van der Waals surface area contributed by atoms with E-state index in [1.165, 1.54) is 12.1 Å². The Morgan fingerprint density at radius 3 is 2.57 bits per heavy atom. The van der Waals surface area contributed by atoms with E-state index in [0.717, 1.165) is 12.0 Å². The number of benzene rings is 1. The van der Waals surface area contributed by atoms with Gasteiger partial charge in [0.15, 0.2) is 0 Å². The number of anilines is 2. The van der Waals surface area contributed by atoms with Crippen LogP contribution in [0, 0.1) is 5.92 Å². The summed E-state index contributed by atoms with van der Waals surface area (Å²) in [5.41, 5.74) is 0.354. The van der Waals surface area contributed by atoms with Crippen LogP contribution in [-0.2, 0) is 26.0 Å². The fourth-order valence-corrected chi connectivity index (χ4v) is 4.17. The highest BCUT2D eigenvalue weighted by atomic mass is 32.2. The van der Waals surface area contributed by atoms with Gasteiger partial charge in [-0.25, -0.2) is 13.6 Å². The second kappa shape index (κ2) is 8.97. The molecular formula is C20H25N3O6S. The van der Waals surface area contributed by atoms with Crippen LogP contribution in [0.5, 0.6) is 0 Å². The largest absolute Gasteiger partial charge is 0.466 e. The number of nitrogens with zero attached hydrogens (tertiary/aromatic N) is 1. The Kier molecular flexibility index (Phi) is 6.57. The van der Waals surface area contributed by atoms with E-state index in [-0.39, 0.29) is 22.5 Å². The van der Waals surface area contributed by atoms with Crippen molar-refractivity contribution < 1.29 is 17.9 Å². The standard InChI is InChI=1S/C20H25N3O6S/c1-2-29-20(26)14-4-3-11-23(12-14)17-16(18(24)19(17)25)22-10-9-13-5-7-15(8-6-13)30(21,27)28/h5-8,14,22H,2-4,9-12H2,1H3,(H2,21,27,28)/t14-/m1/s1. The summed E-state index contributed by atoms with van der Waals surface area (Å²) in [5.74, 6) is -0.591. The molecule has 3 N–H and O–H groups in total. The molecule has 1 aliphatic heterocycles. The zero-order valence-electron chi connectivity index (χ0n) is 16.7. The van der Waals surface area contributed by atoms with Gasteiger partial charge in [-0.05, 0) is 43.9 Å². The van der Waals surface area contributed by atoms with Crippen molar-refractivity contribution in [3.63, 3.8) is 0 Å². The fraction of sp³-hybridized carbons (Fsp3) is 0.450. The molecule has 162 valence electrons. The van der Waals surface area contributed by atoms with E-state index < -0.39 is 20.9 Å². The van der Waals surface area contributed by atoms with Crippen LogP contribution >= 0.6 is 0 Å². The van der Waals surface area contributed by atoms with E-state index in [1.54, 1.807) is 24.0 Å². The minimum absolute atomic E-state index is 0.0326. The number of primary sulfonamides is 1. The normalized spacial score (nSPS) is 17.1. The molecule has 10 heteroatoms. The molecule has 1 heterocycles. The quantitative estimate of drug-likeness (QED) is 0.448. The highest BCUT2D eigenvalue weighted by Crippen LogP contribution is 2.27. The fourth-order valence-electron chi connectivity index (χ4n) is 3.66. The number of carbonyl (C=O) groups is 1. The Hall–Kier alpha value is -2.72. The monoisotopic (exact) mass is 435 g/mol. The number of hydrogen-bond acceptors (Lipinski definition) is 8. The molecule has 2 aromatic rings. The van der Waals surface area contributed by atoms with E-state index in [4.69, 9.17) is 9.88 Å². The van der Waals surface area contributed by atoms with Gasteiger partial charge in [0.1, 0.15) is 11.4 Å². The second-order valence-corrected chi connectivity index (χ2v) is 8.85. The molecule has 0 unspecified atom stereocenters. The molecule has 1 aliphatic rings. The molecule has 0 amide bonds. The third kappa shape index (κ3) is 4.71. The Balaban J connectivity index is 1.63. The van der Waals surface area contributed by atoms with Gasteiger partial charge in [0.05, 0.1) is 17.4 Å². The maximum absolute atomic E-state index is 12.2. The van der Waals surface area contributed by atoms with Crippen LogP contribution in [0.4, 0.5) is 11.4 Å². The summed E-state index contributed by atoms with van der Waals surface area (Å²) < 4.78 is 27.7. The smallest absolute Gasteiger partial charge is 0.310 e. The zero-order valence-corrected chi connectivity index (χ0v) is 17.5. The van der Waals surface area contributed by atoms with Crippen molar-refractivity contribution in [3.8, 4) is 0 Å². The summed E-state index contributed by atoms with van der Waals surface area (Å²) in [5, 5.41) is 8.10. The second-order valence-electron chi connectivity index (χ2n) is 7.28. The lowest BCUT2D eigenvalue weighted by Crippen LogP contribution is -2.47.